The van der Waals surface area contributed by atoms with Crippen LogP contribution in [0.4, 0.5) is 0 Å². The summed E-state index contributed by atoms with van der Waals surface area (Å²) in [6.07, 6.45) is 7.40. The van der Waals surface area contributed by atoms with Crippen LogP contribution >= 0.6 is 0 Å². The Labute approximate surface area is 197 Å². The van der Waals surface area contributed by atoms with Crippen LogP contribution in [0.25, 0.3) is 17.2 Å². The molecule has 6 unspecified atom stereocenters. The van der Waals surface area contributed by atoms with Crippen molar-refractivity contribution in [2.75, 3.05) is 6.61 Å². The van der Waals surface area contributed by atoms with Crippen LogP contribution in [0, 0.1) is 40.9 Å². The van der Waals surface area contributed by atoms with E-state index in [-0.39, 0.29) is 36.4 Å². The maximum atomic E-state index is 12.3. The average molecular weight is 447 g/mol. The summed E-state index contributed by atoms with van der Waals surface area (Å²) in [5.41, 5.74) is 3.23. The summed E-state index contributed by atoms with van der Waals surface area (Å²) in [5, 5.41) is 19.0. The number of carbonyl (C=O) groups is 1. The number of ether oxygens (including phenoxy) is 1. The average Bonchev–Trinajstić information content (AvgIpc) is 3.13. The molecule has 0 amide bonds. The zero-order chi connectivity index (χ0) is 24.0. The second-order valence-electron chi connectivity index (χ2n) is 8.78. The molecule has 6 atom stereocenters. The molecule has 5 heteroatoms. The van der Waals surface area contributed by atoms with Crippen molar-refractivity contribution in [3.63, 3.8) is 0 Å². The molecule has 1 aliphatic heterocycles. The van der Waals surface area contributed by atoms with E-state index in [4.69, 9.17) is 4.74 Å². The molecule has 5 nitrogen and oxygen atoms in total. The van der Waals surface area contributed by atoms with Crippen LogP contribution < -0.4 is 0 Å². The number of hydrogen-bond donors (Lipinski definition) is 1. The highest BCUT2D eigenvalue weighted by molar-refractivity contribution is 5.75. The van der Waals surface area contributed by atoms with Gasteiger partial charge in [-0.3, -0.25) is 9.78 Å². The lowest BCUT2D eigenvalue weighted by atomic mass is 9.61. The first-order valence-corrected chi connectivity index (χ1v) is 12.0. The molecule has 0 radical (unpaired) electrons. The van der Waals surface area contributed by atoms with Crippen LogP contribution in [-0.4, -0.2) is 28.8 Å². The van der Waals surface area contributed by atoms with Crippen LogP contribution in [0.2, 0.25) is 0 Å². The van der Waals surface area contributed by atoms with Gasteiger partial charge >= 0.3 is 5.97 Å². The number of aromatic nitrogens is 1. The summed E-state index contributed by atoms with van der Waals surface area (Å²) in [6.45, 7) is 8.30. The van der Waals surface area contributed by atoms with E-state index >= 15 is 0 Å². The summed E-state index contributed by atoms with van der Waals surface area (Å²) in [5.74, 6) is 0.803. The van der Waals surface area contributed by atoms with Gasteiger partial charge in [-0.05, 0) is 55.7 Å². The number of cyclic esters (lactones) is 1. The third-order valence-electron chi connectivity index (χ3n) is 7.00. The van der Waals surface area contributed by atoms with E-state index in [0.717, 1.165) is 29.7 Å². The van der Waals surface area contributed by atoms with Crippen molar-refractivity contribution < 1.29 is 14.6 Å². The number of rotatable bonds is 5. The zero-order valence-electron chi connectivity index (χ0n) is 19.9. The summed E-state index contributed by atoms with van der Waals surface area (Å²) >= 11 is 0. The van der Waals surface area contributed by atoms with Crippen molar-refractivity contribution in [3.8, 4) is 17.2 Å². The van der Waals surface area contributed by atoms with Gasteiger partial charge in [0.1, 0.15) is 6.10 Å². The number of esters is 1. The summed E-state index contributed by atoms with van der Waals surface area (Å²) < 4.78 is 5.57. The molecule has 1 aromatic carbocycles. The summed E-state index contributed by atoms with van der Waals surface area (Å²) in [7, 11) is 0. The molecule has 2 aromatic rings. The molecular weight excluding hydrogens is 412 g/mol. The molecule has 2 heterocycles. The van der Waals surface area contributed by atoms with Crippen molar-refractivity contribution in [2.24, 2.45) is 29.6 Å². The minimum absolute atomic E-state index is 0.0626. The maximum absolute atomic E-state index is 12.3. The van der Waals surface area contributed by atoms with Gasteiger partial charge in [-0.25, -0.2) is 0 Å². The van der Waals surface area contributed by atoms with E-state index in [1.165, 1.54) is 0 Å². The molecule has 174 valence electrons. The van der Waals surface area contributed by atoms with Crippen molar-refractivity contribution in [3.05, 3.63) is 59.9 Å². The van der Waals surface area contributed by atoms with E-state index < -0.39 is 0 Å². The summed E-state index contributed by atoms with van der Waals surface area (Å²) in [4.78, 5) is 16.9. The molecule has 1 N–H and O–H groups in total. The van der Waals surface area contributed by atoms with Gasteiger partial charge in [-0.15, -0.1) is 0 Å². The molecule has 2 fully saturated rings. The molecule has 0 spiro atoms. The topological polar surface area (TPSA) is 83.2 Å². The van der Waals surface area contributed by atoms with Gasteiger partial charge < -0.3 is 9.84 Å². The zero-order valence-corrected chi connectivity index (χ0v) is 19.9. The number of carbonyl (C=O) groups excluding carboxylic acids is 1. The molecular formula is C28H34N2O3. The first kappa shape index (κ1) is 24.7. The normalized spacial score (nSPS) is 28.4. The van der Waals surface area contributed by atoms with Gasteiger partial charge in [0.15, 0.2) is 0 Å². The van der Waals surface area contributed by atoms with Gasteiger partial charge in [-0.1, -0.05) is 51.1 Å². The standard InChI is InChI=1S/C26H28N2O3.C2H6/c1-16-13-24-25(17(2)31-26(24)30)23(21(16)11-12-29)10-9-20-8-7-19(15-28-20)22-6-4-3-5-18(22)14-27;1-2/h3-10,15-17,21,23-25,29H,11-13H2,1-2H3;1-2H3/b10-9+;. The first-order valence-electron chi connectivity index (χ1n) is 12.0. The lowest BCUT2D eigenvalue weighted by Gasteiger charge is -2.42. The fourth-order valence-corrected chi connectivity index (χ4v) is 5.51. The van der Waals surface area contributed by atoms with Crippen LogP contribution in [0.1, 0.15) is 51.8 Å². The van der Waals surface area contributed by atoms with Crippen molar-refractivity contribution in [1.82, 2.24) is 4.98 Å². The van der Waals surface area contributed by atoms with Crippen molar-refractivity contribution in [1.29, 1.82) is 5.26 Å². The van der Waals surface area contributed by atoms with Crippen LogP contribution in [0.3, 0.4) is 0 Å². The monoisotopic (exact) mass is 446 g/mol. The number of aliphatic hydroxyl groups is 1. The number of nitriles is 1. The predicted molar refractivity (Wildman–Crippen MR) is 130 cm³/mol. The number of fused-ring (bicyclic) bond motifs is 1. The molecule has 2 aliphatic rings. The smallest absolute Gasteiger partial charge is 0.309 e. The second-order valence-corrected chi connectivity index (χ2v) is 8.78. The largest absolute Gasteiger partial charge is 0.462 e. The number of benzene rings is 1. The fourth-order valence-electron chi connectivity index (χ4n) is 5.51. The van der Waals surface area contributed by atoms with Gasteiger partial charge in [0.05, 0.1) is 23.2 Å². The third-order valence-corrected chi connectivity index (χ3v) is 7.00. The molecule has 0 bridgehead atoms. The second kappa shape index (κ2) is 11.2. The van der Waals surface area contributed by atoms with Gasteiger partial charge in [-0.2, -0.15) is 5.26 Å². The lowest BCUT2D eigenvalue weighted by molar-refractivity contribution is -0.144. The van der Waals surface area contributed by atoms with Crippen molar-refractivity contribution >= 4 is 12.0 Å². The number of hydrogen-bond acceptors (Lipinski definition) is 5. The first-order chi connectivity index (χ1) is 16.0. The Morgan fingerprint density at radius 2 is 1.97 bits per heavy atom. The summed E-state index contributed by atoms with van der Waals surface area (Å²) in [6, 6.07) is 13.6. The number of pyridine rings is 1. The molecule has 1 aliphatic carbocycles. The minimum atomic E-state index is -0.112. The van der Waals surface area contributed by atoms with Gasteiger partial charge in [0.2, 0.25) is 0 Å². The molecule has 1 saturated heterocycles. The molecule has 1 saturated carbocycles. The highest BCUT2D eigenvalue weighted by atomic mass is 16.6. The Hall–Kier alpha value is -2.97. The predicted octanol–water partition coefficient (Wildman–Crippen LogP) is 5.49. The Bertz CT molecular complexity index is 1010. The van der Waals surface area contributed by atoms with Crippen LogP contribution in [0.15, 0.2) is 48.7 Å². The molecule has 33 heavy (non-hydrogen) atoms. The maximum Gasteiger partial charge on any atom is 0.309 e. The minimum Gasteiger partial charge on any atom is -0.462 e. The number of nitrogens with zero attached hydrogens (tertiary/aromatic N) is 2. The Balaban J connectivity index is 0.00000149. The van der Waals surface area contributed by atoms with Crippen molar-refractivity contribution in [2.45, 2.75) is 46.6 Å². The van der Waals surface area contributed by atoms with E-state index in [1.807, 2.05) is 57.2 Å². The Morgan fingerprint density at radius 1 is 1.21 bits per heavy atom. The quantitative estimate of drug-likeness (QED) is 0.614. The van der Waals surface area contributed by atoms with E-state index in [0.29, 0.717) is 17.4 Å². The number of allylic oxidation sites excluding steroid dienone is 1. The molecule has 1 aromatic heterocycles. The van der Waals surface area contributed by atoms with E-state index in [2.05, 4.69) is 24.1 Å². The lowest BCUT2D eigenvalue weighted by Crippen LogP contribution is -2.41. The van der Waals surface area contributed by atoms with E-state index in [1.54, 1.807) is 12.3 Å². The Morgan fingerprint density at radius 3 is 2.64 bits per heavy atom. The van der Waals surface area contributed by atoms with Crippen LogP contribution in [-0.2, 0) is 9.53 Å². The fraction of sp³-hybridized carbons (Fsp3) is 0.464. The highest BCUT2D eigenvalue weighted by Crippen LogP contribution is 2.50. The van der Waals surface area contributed by atoms with Crippen LogP contribution in [0.5, 0.6) is 0 Å². The van der Waals surface area contributed by atoms with Gasteiger partial charge in [0.25, 0.3) is 0 Å². The highest BCUT2D eigenvalue weighted by Gasteiger charge is 2.52. The molecule has 4 rings (SSSR count). The third kappa shape index (κ3) is 5.17. The SMILES string of the molecule is CC.CC1CC2C(=O)OC(C)C2C(/C=C/c2ccc(-c3ccccc3C#N)cn2)C1CCO. The van der Waals surface area contributed by atoms with E-state index in [9.17, 15) is 15.2 Å². The Kier molecular flexibility index (Phi) is 8.41. The number of aliphatic hydroxyl groups excluding tert-OH is 1. The van der Waals surface area contributed by atoms with Gasteiger partial charge in [0, 0.05) is 29.8 Å².